The van der Waals surface area contributed by atoms with E-state index in [1.54, 1.807) is 12.1 Å². The molecule has 1 aliphatic heterocycles. The van der Waals surface area contributed by atoms with E-state index in [1.165, 1.54) is 16.7 Å². The summed E-state index contributed by atoms with van der Waals surface area (Å²) in [6, 6.07) is 11.1. The molecule has 5 heteroatoms. The first kappa shape index (κ1) is 19.7. The van der Waals surface area contributed by atoms with Crippen molar-refractivity contribution in [3.63, 3.8) is 0 Å². The van der Waals surface area contributed by atoms with Gasteiger partial charge in [-0.1, -0.05) is 49.7 Å². The van der Waals surface area contributed by atoms with Crippen molar-refractivity contribution < 1.29 is 9.59 Å². The number of nitrogens with zero attached hydrogens (tertiary/aromatic N) is 1. The van der Waals surface area contributed by atoms with Gasteiger partial charge in [0, 0.05) is 10.3 Å². The zero-order chi connectivity index (χ0) is 19.9. The normalized spacial score (nSPS) is 14.7. The Balaban J connectivity index is 2.13. The molecule has 0 fully saturated rings. The molecule has 0 bridgehead atoms. The highest BCUT2D eigenvalue weighted by molar-refractivity contribution is 8.04. The summed E-state index contributed by atoms with van der Waals surface area (Å²) in [5.74, 6) is -0.585. The summed E-state index contributed by atoms with van der Waals surface area (Å²) < 4.78 is 0. The van der Waals surface area contributed by atoms with Gasteiger partial charge in [0.15, 0.2) is 0 Å². The molecule has 0 saturated heterocycles. The van der Waals surface area contributed by atoms with Crippen LogP contribution in [0.25, 0.3) is 5.57 Å². The quantitative estimate of drug-likeness (QED) is 0.619. The molecule has 0 unspecified atom stereocenters. The van der Waals surface area contributed by atoms with Crippen LogP contribution in [0.3, 0.4) is 0 Å². The second-order valence-electron chi connectivity index (χ2n) is 7.05. The number of halogens is 1. The Morgan fingerprint density at radius 3 is 2.15 bits per heavy atom. The summed E-state index contributed by atoms with van der Waals surface area (Å²) in [6.45, 7) is 9.95. The molecule has 2 aromatic rings. The predicted molar refractivity (Wildman–Crippen MR) is 114 cm³/mol. The molecule has 0 radical (unpaired) electrons. The van der Waals surface area contributed by atoms with Gasteiger partial charge in [-0.2, -0.15) is 0 Å². The van der Waals surface area contributed by atoms with E-state index in [4.69, 9.17) is 11.6 Å². The maximum atomic E-state index is 13.3. The molecule has 2 aromatic carbocycles. The lowest BCUT2D eigenvalue weighted by atomic mass is 10.0. The second-order valence-corrected chi connectivity index (χ2v) is 9.04. The summed E-state index contributed by atoms with van der Waals surface area (Å²) in [6.07, 6.45) is 0. The molecule has 0 aliphatic carbocycles. The first-order valence-corrected chi connectivity index (χ1v) is 10.1. The van der Waals surface area contributed by atoms with Gasteiger partial charge in [0.05, 0.1) is 16.2 Å². The van der Waals surface area contributed by atoms with Gasteiger partial charge < -0.3 is 0 Å². The molecule has 2 amide bonds. The van der Waals surface area contributed by atoms with Crippen molar-refractivity contribution in [3.05, 3.63) is 68.6 Å². The molecule has 0 N–H and O–H groups in total. The topological polar surface area (TPSA) is 37.4 Å². The average molecular weight is 400 g/mol. The number of carbonyl (C=O) groups is 2. The van der Waals surface area contributed by atoms with Crippen LogP contribution in [-0.2, 0) is 9.59 Å². The van der Waals surface area contributed by atoms with Crippen molar-refractivity contribution in [2.45, 2.75) is 39.9 Å². The fourth-order valence-corrected chi connectivity index (χ4v) is 4.12. The maximum absolute atomic E-state index is 13.3. The van der Waals surface area contributed by atoms with Crippen molar-refractivity contribution in [2.75, 3.05) is 4.90 Å². The van der Waals surface area contributed by atoms with Crippen LogP contribution in [0.15, 0.2) is 41.3 Å². The van der Waals surface area contributed by atoms with E-state index in [0.29, 0.717) is 21.2 Å². The number of amides is 2. The minimum Gasteiger partial charge on any atom is -0.268 e. The minimum absolute atomic E-state index is 0.180. The number of imide groups is 1. The molecule has 27 heavy (non-hydrogen) atoms. The third kappa shape index (κ3) is 3.69. The van der Waals surface area contributed by atoms with Gasteiger partial charge in [-0.3, -0.25) is 9.59 Å². The number of benzene rings is 2. The number of carbonyl (C=O) groups excluding carboxylic acids is 2. The number of hydrogen-bond acceptors (Lipinski definition) is 3. The number of hydrogen-bond donors (Lipinski definition) is 0. The SMILES string of the molecule is Cc1ccc(C2=C(SC(C)C)C(=O)N(c3ccc(C)c(Cl)c3)C2=O)cc1C. The lowest BCUT2D eigenvalue weighted by Gasteiger charge is -2.16. The molecule has 3 nitrogen and oxygen atoms in total. The largest absolute Gasteiger partial charge is 0.272 e. The van der Waals surface area contributed by atoms with Crippen molar-refractivity contribution in [2.24, 2.45) is 0 Å². The molecular weight excluding hydrogens is 378 g/mol. The Labute approximate surface area is 169 Å². The van der Waals surface area contributed by atoms with Crippen LogP contribution in [0.2, 0.25) is 5.02 Å². The molecule has 1 heterocycles. The predicted octanol–water partition coefficient (Wildman–Crippen LogP) is 5.69. The van der Waals surface area contributed by atoms with E-state index in [9.17, 15) is 9.59 Å². The molecule has 0 spiro atoms. The molecule has 0 aromatic heterocycles. The highest BCUT2D eigenvalue weighted by Crippen LogP contribution is 2.40. The summed E-state index contributed by atoms with van der Waals surface area (Å²) in [5.41, 5.74) is 4.89. The first-order chi connectivity index (χ1) is 12.7. The highest BCUT2D eigenvalue weighted by atomic mass is 35.5. The fraction of sp³-hybridized carbons (Fsp3) is 0.273. The highest BCUT2D eigenvalue weighted by Gasteiger charge is 2.40. The lowest BCUT2D eigenvalue weighted by Crippen LogP contribution is -2.31. The van der Waals surface area contributed by atoms with Gasteiger partial charge >= 0.3 is 0 Å². The van der Waals surface area contributed by atoms with Crippen LogP contribution in [-0.4, -0.2) is 17.1 Å². The van der Waals surface area contributed by atoms with E-state index < -0.39 is 0 Å². The molecule has 0 atom stereocenters. The van der Waals surface area contributed by atoms with Crippen LogP contribution < -0.4 is 4.90 Å². The van der Waals surface area contributed by atoms with Gasteiger partial charge in [-0.15, -0.1) is 11.8 Å². The first-order valence-electron chi connectivity index (χ1n) is 8.84. The Hall–Kier alpha value is -2.04. The molecule has 0 saturated carbocycles. The lowest BCUT2D eigenvalue weighted by molar-refractivity contribution is -0.119. The second kappa shape index (κ2) is 7.53. The summed E-state index contributed by atoms with van der Waals surface area (Å²) >= 11 is 7.66. The summed E-state index contributed by atoms with van der Waals surface area (Å²) in [7, 11) is 0. The van der Waals surface area contributed by atoms with Crippen LogP contribution in [0, 0.1) is 20.8 Å². The smallest absolute Gasteiger partial charge is 0.268 e. The fourth-order valence-electron chi connectivity index (χ4n) is 2.96. The molecule has 1 aliphatic rings. The van der Waals surface area contributed by atoms with E-state index in [1.807, 2.05) is 58.9 Å². The number of anilines is 1. The average Bonchev–Trinajstić information content (AvgIpc) is 2.83. The van der Waals surface area contributed by atoms with Gasteiger partial charge in [0.25, 0.3) is 11.8 Å². The van der Waals surface area contributed by atoms with E-state index in [2.05, 4.69) is 0 Å². The van der Waals surface area contributed by atoms with Crippen LogP contribution in [0.5, 0.6) is 0 Å². The Bertz CT molecular complexity index is 978. The Kier molecular flexibility index (Phi) is 5.50. The molecule has 140 valence electrons. The van der Waals surface area contributed by atoms with E-state index in [0.717, 1.165) is 22.3 Å². The van der Waals surface area contributed by atoms with Gasteiger partial charge in [-0.05, 0) is 55.2 Å². The van der Waals surface area contributed by atoms with Crippen LogP contribution >= 0.6 is 23.4 Å². The summed E-state index contributed by atoms with van der Waals surface area (Å²) in [5, 5.41) is 0.714. The zero-order valence-electron chi connectivity index (χ0n) is 16.1. The van der Waals surface area contributed by atoms with Gasteiger partial charge in [-0.25, -0.2) is 4.90 Å². The van der Waals surface area contributed by atoms with Crippen molar-refractivity contribution in [1.82, 2.24) is 0 Å². The molecular formula is C22H22ClNO2S. The van der Waals surface area contributed by atoms with Crippen molar-refractivity contribution >= 4 is 46.4 Å². The van der Waals surface area contributed by atoms with E-state index >= 15 is 0 Å². The van der Waals surface area contributed by atoms with Crippen molar-refractivity contribution in [1.29, 1.82) is 0 Å². The standard InChI is InChI=1S/C22H22ClNO2S/c1-12(2)27-20-19(16-8-6-13(3)15(5)10-16)21(25)24(22(20)26)17-9-7-14(4)18(23)11-17/h6-12H,1-5H3. The monoisotopic (exact) mass is 399 g/mol. The van der Waals surface area contributed by atoms with Crippen molar-refractivity contribution in [3.8, 4) is 0 Å². The number of rotatable bonds is 4. The number of thioether (sulfide) groups is 1. The Morgan fingerprint density at radius 1 is 0.889 bits per heavy atom. The Morgan fingerprint density at radius 2 is 1.56 bits per heavy atom. The number of aryl methyl sites for hydroxylation is 3. The van der Waals surface area contributed by atoms with E-state index in [-0.39, 0.29) is 17.1 Å². The maximum Gasteiger partial charge on any atom is 0.272 e. The van der Waals surface area contributed by atoms with Crippen LogP contribution in [0.4, 0.5) is 5.69 Å². The van der Waals surface area contributed by atoms with Gasteiger partial charge in [0.2, 0.25) is 0 Å². The third-order valence-electron chi connectivity index (χ3n) is 4.60. The van der Waals surface area contributed by atoms with Gasteiger partial charge in [0.1, 0.15) is 0 Å². The molecule has 3 rings (SSSR count). The minimum atomic E-state index is -0.300. The van der Waals surface area contributed by atoms with Crippen LogP contribution in [0.1, 0.15) is 36.1 Å². The zero-order valence-corrected chi connectivity index (χ0v) is 17.7. The third-order valence-corrected chi connectivity index (χ3v) is 6.10. The summed E-state index contributed by atoms with van der Waals surface area (Å²) in [4.78, 5) is 28.2.